The number of halogens is 1. The summed E-state index contributed by atoms with van der Waals surface area (Å²) in [5.74, 6) is 1.70. The van der Waals surface area contributed by atoms with Crippen LogP contribution < -0.4 is 15.5 Å². The lowest BCUT2D eigenvalue weighted by Gasteiger charge is -2.20. The molecule has 1 saturated heterocycles. The normalized spacial score (nSPS) is 17.6. The minimum Gasteiger partial charge on any atom is -0.357 e. The molecule has 2 N–H and O–H groups in total. The zero-order chi connectivity index (χ0) is 18.4. The van der Waals surface area contributed by atoms with Gasteiger partial charge in [0.1, 0.15) is 5.82 Å². The Hall–Kier alpha value is -2.28. The monoisotopic (exact) mass is 375 g/mol. The third-order valence-electron chi connectivity index (χ3n) is 4.27. The Morgan fingerprint density at radius 3 is 3.08 bits per heavy atom. The zero-order valence-corrected chi connectivity index (χ0v) is 16.1. The van der Waals surface area contributed by atoms with Crippen molar-refractivity contribution >= 4 is 23.4 Å². The molecule has 3 rings (SSSR count). The van der Waals surface area contributed by atoms with E-state index in [4.69, 9.17) is 11.6 Å². The molecular weight excluding hydrogens is 350 g/mol. The Morgan fingerprint density at radius 2 is 2.35 bits per heavy atom. The van der Waals surface area contributed by atoms with Crippen LogP contribution in [-0.4, -0.2) is 52.9 Å². The first-order chi connectivity index (χ1) is 12.7. The van der Waals surface area contributed by atoms with Gasteiger partial charge < -0.3 is 15.5 Å². The molecule has 7 nitrogen and oxygen atoms in total. The van der Waals surface area contributed by atoms with Gasteiger partial charge in [-0.25, -0.2) is 4.98 Å². The molecule has 1 aliphatic heterocycles. The smallest absolute Gasteiger partial charge is 0.191 e. The quantitative estimate of drug-likeness (QED) is 0.597. The number of pyridine rings is 1. The molecule has 0 aromatic carbocycles. The van der Waals surface area contributed by atoms with Gasteiger partial charge in [-0.05, 0) is 38.0 Å². The molecule has 1 atom stereocenters. The van der Waals surface area contributed by atoms with Crippen LogP contribution in [0.4, 0.5) is 5.82 Å². The summed E-state index contributed by atoms with van der Waals surface area (Å²) in [6, 6.07) is 4.06. The van der Waals surface area contributed by atoms with Crippen molar-refractivity contribution in [2.45, 2.75) is 32.9 Å². The summed E-state index contributed by atoms with van der Waals surface area (Å²) in [4.78, 5) is 11.3. The Morgan fingerprint density at radius 1 is 1.46 bits per heavy atom. The summed E-state index contributed by atoms with van der Waals surface area (Å²) >= 11 is 6.27. The van der Waals surface area contributed by atoms with Gasteiger partial charge in [-0.15, -0.1) is 0 Å². The topological polar surface area (TPSA) is 70.4 Å². The first kappa shape index (κ1) is 18.5. The van der Waals surface area contributed by atoms with Crippen molar-refractivity contribution in [2.75, 3.05) is 31.1 Å². The van der Waals surface area contributed by atoms with Crippen LogP contribution in [0.2, 0.25) is 5.02 Å². The zero-order valence-electron chi connectivity index (χ0n) is 15.3. The van der Waals surface area contributed by atoms with Gasteiger partial charge in [-0.2, -0.15) is 5.10 Å². The maximum absolute atomic E-state index is 6.27. The van der Waals surface area contributed by atoms with Crippen LogP contribution in [0.3, 0.4) is 0 Å². The molecule has 2 aromatic rings. The summed E-state index contributed by atoms with van der Waals surface area (Å²) in [7, 11) is 0. The molecular formula is C18H26ClN7. The Labute approximate surface area is 159 Å². The molecule has 0 bridgehead atoms. The van der Waals surface area contributed by atoms with Gasteiger partial charge in [0.2, 0.25) is 0 Å². The van der Waals surface area contributed by atoms with Crippen molar-refractivity contribution in [2.24, 2.45) is 4.99 Å². The Kier molecular flexibility index (Phi) is 6.33. The van der Waals surface area contributed by atoms with Crippen LogP contribution in [-0.2, 0) is 6.54 Å². The van der Waals surface area contributed by atoms with Crippen LogP contribution in [0.25, 0.3) is 0 Å². The summed E-state index contributed by atoms with van der Waals surface area (Å²) in [5.41, 5.74) is 1.17. The number of rotatable bonds is 6. The fraction of sp³-hybridized carbons (Fsp3) is 0.500. The number of nitrogens with one attached hydrogen (secondary N) is 2. The number of guanidine groups is 1. The molecule has 1 aliphatic rings. The van der Waals surface area contributed by atoms with Gasteiger partial charge >= 0.3 is 0 Å². The van der Waals surface area contributed by atoms with E-state index in [0.717, 1.165) is 44.4 Å². The van der Waals surface area contributed by atoms with Crippen LogP contribution in [0, 0.1) is 6.92 Å². The Balaban J connectivity index is 1.54. The highest BCUT2D eigenvalue weighted by atomic mass is 35.5. The van der Waals surface area contributed by atoms with E-state index in [1.807, 2.05) is 36.1 Å². The Bertz CT molecular complexity index is 743. The first-order valence-corrected chi connectivity index (χ1v) is 9.43. The summed E-state index contributed by atoms with van der Waals surface area (Å²) in [5, 5.41) is 11.8. The largest absolute Gasteiger partial charge is 0.357 e. The van der Waals surface area contributed by atoms with Crippen molar-refractivity contribution in [1.82, 2.24) is 25.4 Å². The molecule has 0 aliphatic carbocycles. The van der Waals surface area contributed by atoms with E-state index in [2.05, 4.69) is 37.5 Å². The van der Waals surface area contributed by atoms with Gasteiger partial charge in [0, 0.05) is 38.1 Å². The lowest BCUT2D eigenvalue weighted by Crippen LogP contribution is -2.44. The molecule has 1 unspecified atom stereocenters. The predicted octanol–water partition coefficient (Wildman–Crippen LogP) is 2.07. The predicted molar refractivity (Wildman–Crippen MR) is 106 cm³/mol. The van der Waals surface area contributed by atoms with Gasteiger partial charge in [0.05, 0.1) is 24.3 Å². The maximum Gasteiger partial charge on any atom is 0.191 e. The second kappa shape index (κ2) is 8.89. The highest BCUT2D eigenvalue weighted by Gasteiger charge is 2.25. The van der Waals surface area contributed by atoms with Gasteiger partial charge in [0.25, 0.3) is 0 Å². The van der Waals surface area contributed by atoms with E-state index < -0.39 is 0 Å². The third-order valence-corrected chi connectivity index (χ3v) is 4.57. The molecule has 0 amide bonds. The third kappa shape index (κ3) is 4.88. The number of aliphatic imine (C=N–C) groups is 1. The molecule has 0 saturated carbocycles. The molecule has 2 aromatic heterocycles. The molecule has 0 spiro atoms. The van der Waals surface area contributed by atoms with E-state index in [1.165, 1.54) is 5.56 Å². The van der Waals surface area contributed by atoms with Gasteiger partial charge in [0.15, 0.2) is 5.96 Å². The molecule has 26 heavy (non-hydrogen) atoms. The van der Waals surface area contributed by atoms with Crippen molar-refractivity contribution in [3.8, 4) is 0 Å². The van der Waals surface area contributed by atoms with Crippen molar-refractivity contribution in [3.63, 3.8) is 0 Å². The van der Waals surface area contributed by atoms with Crippen LogP contribution in [0.15, 0.2) is 35.7 Å². The molecule has 8 heteroatoms. The standard InChI is InChI=1S/C18H26ClN7/c1-3-20-18(22-8-10-26-12-14(2)11-23-26)24-15-6-9-25(13-15)17-16(19)5-4-7-21-17/h4-5,7,11-12,15H,3,6,8-10,13H2,1-2H3,(H2,20,22,24). The maximum atomic E-state index is 6.27. The highest BCUT2D eigenvalue weighted by Crippen LogP contribution is 2.25. The minimum atomic E-state index is 0.317. The van der Waals surface area contributed by atoms with Crippen molar-refractivity contribution in [1.29, 1.82) is 0 Å². The SMILES string of the molecule is CCNC(=NCCn1cc(C)cn1)NC1CCN(c2ncccc2Cl)C1. The second-order valence-electron chi connectivity index (χ2n) is 6.43. The molecule has 0 radical (unpaired) electrons. The van der Waals surface area contributed by atoms with Crippen LogP contribution in [0.5, 0.6) is 0 Å². The first-order valence-electron chi connectivity index (χ1n) is 9.05. The lowest BCUT2D eigenvalue weighted by molar-refractivity contribution is 0.613. The van der Waals surface area contributed by atoms with Gasteiger partial charge in [-0.3, -0.25) is 9.67 Å². The average Bonchev–Trinajstić information content (AvgIpc) is 3.25. The van der Waals surface area contributed by atoms with E-state index in [9.17, 15) is 0 Å². The average molecular weight is 376 g/mol. The fourth-order valence-electron chi connectivity index (χ4n) is 3.05. The fourth-order valence-corrected chi connectivity index (χ4v) is 3.29. The van der Waals surface area contributed by atoms with Crippen molar-refractivity contribution < 1.29 is 0 Å². The van der Waals surface area contributed by atoms with Crippen LogP contribution in [0.1, 0.15) is 18.9 Å². The number of hydrogen-bond donors (Lipinski definition) is 2. The van der Waals surface area contributed by atoms with E-state index in [0.29, 0.717) is 17.6 Å². The van der Waals surface area contributed by atoms with E-state index in [1.54, 1.807) is 6.20 Å². The summed E-state index contributed by atoms with van der Waals surface area (Å²) < 4.78 is 1.92. The molecule has 3 heterocycles. The lowest BCUT2D eigenvalue weighted by atomic mass is 10.3. The number of nitrogens with zero attached hydrogens (tertiary/aromatic N) is 5. The van der Waals surface area contributed by atoms with Crippen molar-refractivity contribution in [3.05, 3.63) is 41.3 Å². The number of hydrogen-bond acceptors (Lipinski definition) is 4. The summed E-state index contributed by atoms with van der Waals surface area (Å²) in [6.45, 7) is 8.18. The van der Waals surface area contributed by atoms with Crippen LogP contribution >= 0.6 is 11.6 Å². The second-order valence-corrected chi connectivity index (χ2v) is 6.83. The van der Waals surface area contributed by atoms with E-state index in [-0.39, 0.29) is 0 Å². The van der Waals surface area contributed by atoms with Gasteiger partial charge in [-0.1, -0.05) is 11.6 Å². The minimum absolute atomic E-state index is 0.317. The number of aromatic nitrogens is 3. The molecule has 1 fully saturated rings. The van der Waals surface area contributed by atoms with E-state index >= 15 is 0 Å². The highest BCUT2D eigenvalue weighted by molar-refractivity contribution is 6.32. The molecule has 140 valence electrons. The summed E-state index contributed by atoms with van der Waals surface area (Å²) in [6.07, 6.45) is 6.70. The number of aryl methyl sites for hydroxylation is 1. The number of anilines is 1.